The van der Waals surface area contributed by atoms with Crippen LogP contribution in [0.15, 0.2) is 36.4 Å². The standard InChI is InChI=1S/C25H32N2O3/c1-8-23(28)19-11-9-17(15(2)3)13-21(19)26-27-22-14-18(16(4)5)10-12-20(22)24(29)25(27,6)30-7/h9-16,26H,8H2,1-7H3/t25-/m0/s1. The van der Waals surface area contributed by atoms with E-state index in [1.165, 1.54) is 7.11 Å². The van der Waals surface area contributed by atoms with Crippen LogP contribution in [0, 0.1) is 0 Å². The third-order valence-corrected chi connectivity index (χ3v) is 5.98. The number of anilines is 2. The number of carbonyl (C=O) groups excluding carboxylic acids is 2. The third kappa shape index (κ3) is 3.63. The molecule has 0 saturated heterocycles. The molecule has 1 atom stereocenters. The molecule has 3 rings (SSSR count). The van der Waals surface area contributed by atoms with Gasteiger partial charge in [0, 0.05) is 24.7 Å². The molecule has 1 heterocycles. The van der Waals surface area contributed by atoms with E-state index in [4.69, 9.17) is 4.74 Å². The third-order valence-electron chi connectivity index (χ3n) is 5.98. The van der Waals surface area contributed by atoms with Crippen molar-refractivity contribution in [2.24, 2.45) is 0 Å². The smallest absolute Gasteiger partial charge is 0.219 e. The lowest BCUT2D eigenvalue weighted by Gasteiger charge is -2.35. The van der Waals surface area contributed by atoms with Gasteiger partial charge in [-0.1, -0.05) is 46.8 Å². The van der Waals surface area contributed by atoms with Crippen molar-refractivity contribution >= 4 is 22.9 Å². The van der Waals surface area contributed by atoms with Crippen molar-refractivity contribution in [3.63, 3.8) is 0 Å². The molecule has 0 fully saturated rings. The SMILES string of the molecule is CCC(=O)c1ccc(C(C)C)cc1NN1c2cc(C(C)C)ccc2C(=O)[C@]1(C)OC. The molecule has 0 unspecified atom stereocenters. The molecule has 1 N–H and O–H groups in total. The highest BCUT2D eigenvalue weighted by Gasteiger charge is 2.49. The zero-order valence-electron chi connectivity index (χ0n) is 19.0. The number of nitrogens with zero attached hydrogens (tertiary/aromatic N) is 1. The summed E-state index contributed by atoms with van der Waals surface area (Å²) in [5.41, 5.74) is 7.10. The lowest BCUT2D eigenvalue weighted by Crippen LogP contribution is -2.52. The number of nitrogens with one attached hydrogen (secondary N) is 1. The highest BCUT2D eigenvalue weighted by atomic mass is 16.5. The fraction of sp³-hybridized carbons (Fsp3) is 0.440. The molecule has 5 heteroatoms. The Bertz CT molecular complexity index is 980. The molecule has 160 valence electrons. The normalized spacial score (nSPS) is 18.3. The summed E-state index contributed by atoms with van der Waals surface area (Å²) in [5.74, 6) is 0.577. The summed E-state index contributed by atoms with van der Waals surface area (Å²) in [4.78, 5) is 25.8. The van der Waals surface area contributed by atoms with Crippen LogP contribution in [-0.2, 0) is 4.74 Å². The van der Waals surface area contributed by atoms with E-state index < -0.39 is 5.72 Å². The van der Waals surface area contributed by atoms with Gasteiger partial charge in [-0.25, -0.2) is 5.01 Å². The Morgan fingerprint density at radius 3 is 2.23 bits per heavy atom. The van der Waals surface area contributed by atoms with Gasteiger partial charge in [0.05, 0.1) is 11.4 Å². The number of methoxy groups -OCH3 is 1. The van der Waals surface area contributed by atoms with Crippen LogP contribution in [0.4, 0.5) is 11.4 Å². The Labute approximate surface area is 179 Å². The summed E-state index contributed by atoms with van der Waals surface area (Å²) in [6.07, 6.45) is 0.407. The van der Waals surface area contributed by atoms with E-state index in [9.17, 15) is 9.59 Å². The Morgan fingerprint density at radius 2 is 1.67 bits per heavy atom. The Morgan fingerprint density at radius 1 is 1.07 bits per heavy atom. The zero-order valence-corrected chi connectivity index (χ0v) is 19.0. The molecule has 0 spiro atoms. The number of carbonyl (C=O) groups is 2. The van der Waals surface area contributed by atoms with Gasteiger partial charge in [0.2, 0.25) is 11.5 Å². The molecular weight excluding hydrogens is 376 g/mol. The summed E-state index contributed by atoms with van der Waals surface area (Å²) >= 11 is 0. The number of ketones is 2. The lowest BCUT2D eigenvalue weighted by atomic mass is 9.98. The Balaban J connectivity index is 2.15. The second-order valence-electron chi connectivity index (χ2n) is 8.63. The molecule has 5 nitrogen and oxygen atoms in total. The summed E-state index contributed by atoms with van der Waals surface area (Å²) in [5, 5.41) is 1.77. The van der Waals surface area contributed by atoms with Crippen LogP contribution in [-0.4, -0.2) is 24.4 Å². The highest BCUT2D eigenvalue weighted by Crippen LogP contribution is 2.41. The van der Waals surface area contributed by atoms with Crippen LogP contribution >= 0.6 is 0 Å². The topological polar surface area (TPSA) is 58.6 Å². The number of hydrogen-bond donors (Lipinski definition) is 1. The molecule has 0 bridgehead atoms. The fourth-order valence-corrected chi connectivity index (χ4v) is 3.78. The van der Waals surface area contributed by atoms with Crippen molar-refractivity contribution < 1.29 is 14.3 Å². The molecule has 0 amide bonds. The van der Waals surface area contributed by atoms with Gasteiger partial charge in [-0.2, -0.15) is 0 Å². The van der Waals surface area contributed by atoms with Crippen LogP contribution in [0.5, 0.6) is 0 Å². The molecular formula is C25H32N2O3. The molecule has 0 saturated carbocycles. The second-order valence-corrected chi connectivity index (χ2v) is 8.63. The van der Waals surface area contributed by atoms with Gasteiger partial charge in [-0.15, -0.1) is 0 Å². The van der Waals surface area contributed by atoms with Gasteiger partial charge in [0.1, 0.15) is 0 Å². The van der Waals surface area contributed by atoms with Gasteiger partial charge in [-0.3, -0.25) is 15.0 Å². The van der Waals surface area contributed by atoms with Crippen molar-refractivity contribution in [3.8, 4) is 0 Å². The molecule has 0 aromatic heterocycles. The van der Waals surface area contributed by atoms with E-state index in [1.807, 2.05) is 43.3 Å². The maximum Gasteiger partial charge on any atom is 0.219 e. The minimum Gasteiger partial charge on any atom is -0.351 e. The van der Waals surface area contributed by atoms with Crippen LogP contribution in [0.25, 0.3) is 0 Å². The number of rotatable bonds is 7. The number of hydrazine groups is 1. The number of Topliss-reactive ketones (excluding diaryl/α,β-unsaturated/α-hetero) is 2. The maximum absolute atomic E-state index is 13.2. The van der Waals surface area contributed by atoms with Crippen molar-refractivity contribution in [1.82, 2.24) is 0 Å². The van der Waals surface area contributed by atoms with Crippen LogP contribution in [0.2, 0.25) is 0 Å². The first-order valence-corrected chi connectivity index (χ1v) is 10.6. The van der Waals surface area contributed by atoms with Gasteiger partial charge < -0.3 is 4.74 Å². The fourth-order valence-electron chi connectivity index (χ4n) is 3.78. The number of hydrogen-bond acceptors (Lipinski definition) is 5. The van der Waals surface area contributed by atoms with Gasteiger partial charge in [0.25, 0.3) is 0 Å². The van der Waals surface area contributed by atoms with E-state index in [0.29, 0.717) is 35.1 Å². The van der Waals surface area contributed by atoms with E-state index in [-0.39, 0.29) is 11.6 Å². The van der Waals surface area contributed by atoms with Crippen LogP contribution in [0.1, 0.15) is 91.6 Å². The predicted octanol–water partition coefficient (Wildman–Crippen LogP) is 5.92. The van der Waals surface area contributed by atoms with Crippen LogP contribution in [0.3, 0.4) is 0 Å². The molecule has 30 heavy (non-hydrogen) atoms. The van der Waals surface area contributed by atoms with E-state index in [0.717, 1.165) is 16.8 Å². The highest BCUT2D eigenvalue weighted by molar-refractivity contribution is 6.13. The second kappa shape index (κ2) is 8.23. The summed E-state index contributed by atoms with van der Waals surface area (Å²) < 4.78 is 5.71. The molecule has 2 aromatic rings. The van der Waals surface area contributed by atoms with Crippen molar-refractivity contribution in [3.05, 3.63) is 58.7 Å². The zero-order chi connectivity index (χ0) is 22.2. The van der Waals surface area contributed by atoms with Gasteiger partial charge >= 0.3 is 0 Å². The minimum absolute atomic E-state index is 0.0496. The number of fused-ring (bicyclic) bond motifs is 1. The van der Waals surface area contributed by atoms with E-state index in [2.05, 4.69) is 33.1 Å². The van der Waals surface area contributed by atoms with E-state index in [1.54, 1.807) is 11.9 Å². The number of ether oxygens (including phenoxy) is 1. The first-order chi connectivity index (χ1) is 14.1. The monoisotopic (exact) mass is 408 g/mol. The Kier molecular flexibility index (Phi) is 6.04. The van der Waals surface area contributed by atoms with Crippen molar-refractivity contribution in [2.75, 3.05) is 17.5 Å². The average Bonchev–Trinajstić information content (AvgIpc) is 2.94. The summed E-state index contributed by atoms with van der Waals surface area (Å²) in [6.45, 7) is 12.1. The molecule has 0 radical (unpaired) electrons. The van der Waals surface area contributed by atoms with Crippen LogP contribution < -0.4 is 10.4 Å². The minimum atomic E-state index is -1.21. The summed E-state index contributed by atoms with van der Waals surface area (Å²) in [6, 6.07) is 11.8. The molecule has 2 aromatic carbocycles. The molecule has 1 aliphatic rings. The molecule has 0 aliphatic carbocycles. The quantitative estimate of drug-likeness (QED) is 0.576. The predicted molar refractivity (Wildman–Crippen MR) is 122 cm³/mol. The van der Waals surface area contributed by atoms with Crippen molar-refractivity contribution in [2.45, 2.75) is 65.5 Å². The maximum atomic E-state index is 13.2. The summed E-state index contributed by atoms with van der Waals surface area (Å²) in [7, 11) is 1.53. The van der Waals surface area contributed by atoms with E-state index >= 15 is 0 Å². The number of benzene rings is 2. The average molecular weight is 409 g/mol. The Hall–Kier alpha value is -2.66. The lowest BCUT2D eigenvalue weighted by molar-refractivity contribution is 0.0179. The van der Waals surface area contributed by atoms with Gasteiger partial charge in [-0.05, 0) is 54.2 Å². The van der Waals surface area contributed by atoms with Gasteiger partial charge in [0.15, 0.2) is 5.78 Å². The first-order valence-electron chi connectivity index (χ1n) is 10.6. The van der Waals surface area contributed by atoms with Crippen molar-refractivity contribution in [1.29, 1.82) is 0 Å². The molecule has 1 aliphatic heterocycles. The first kappa shape index (κ1) is 22.0. The largest absolute Gasteiger partial charge is 0.351 e.